The molecule has 3 aromatic carbocycles. The summed E-state index contributed by atoms with van der Waals surface area (Å²) in [5, 5.41) is 0. The first-order valence-corrected chi connectivity index (χ1v) is 15.9. The van der Waals surface area contributed by atoms with Crippen molar-refractivity contribution in [3.05, 3.63) is 119 Å². The Labute approximate surface area is 272 Å². The van der Waals surface area contributed by atoms with E-state index in [0.29, 0.717) is 42.3 Å². The molecule has 234 valence electrons. The number of benzene rings is 3. The fraction of sp³-hybridized carbons (Fsp3) is 0.265. The molecular formula is C34H32BrFN2O6S. The Morgan fingerprint density at radius 3 is 2.49 bits per heavy atom. The summed E-state index contributed by atoms with van der Waals surface area (Å²) in [6.45, 7) is 7.76. The number of fused-ring (bicyclic) bond motifs is 1. The number of hydrogen-bond acceptors (Lipinski definition) is 8. The van der Waals surface area contributed by atoms with Gasteiger partial charge in [0, 0.05) is 0 Å². The van der Waals surface area contributed by atoms with Crippen molar-refractivity contribution in [1.29, 1.82) is 0 Å². The van der Waals surface area contributed by atoms with E-state index in [4.69, 9.17) is 18.9 Å². The number of carbonyl (C=O) groups excluding carboxylic acids is 1. The zero-order valence-corrected chi connectivity index (χ0v) is 27.8. The fourth-order valence-corrected chi connectivity index (χ4v) is 6.49. The molecule has 0 bridgehead atoms. The molecule has 0 amide bonds. The van der Waals surface area contributed by atoms with Crippen LogP contribution in [0.1, 0.15) is 50.4 Å². The Balaban J connectivity index is 1.54. The molecule has 1 aliphatic heterocycles. The molecule has 0 radical (unpaired) electrons. The maximum atomic E-state index is 14.0. The van der Waals surface area contributed by atoms with Gasteiger partial charge in [0.1, 0.15) is 18.2 Å². The molecular weight excluding hydrogens is 663 g/mol. The summed E-state index contributed by atoms with van der Waals surface area (Å²) >= 11 is 4.79. The van der Waals surface area contributed by atoms with Crippen LogP contribution in [0.2, 0.25) is 0 Å². The minimum Gasteiger partial charge on any atom is -0.493 e. The van der Waals surface area contributed by atoms with Gasteiger partial charge >= 0.3 is 5.97 Å². The van der Waals surface area contributed by atoms with E-state index >= 15 is 0 Å². The number of aromatic nitrogens is 1. The molecule has 1 aromatic heterocycles. The lowest BCUT2D eigenvalue weighted by Crippen LogP contribution is -2.40. The molecule has 0 saturated carbocycles. The van der Waals surface area contributed by atoms with Crippen LogP contribution in [0.25, 0.3) is 6.08 Å². The smallest absolute Gasteiger partial charge is 0.338 e. The van der Waals surface area contributed by atoms with E-state index in [-0.39, 0.29) is 36.3 Å². The van der Waals surface area contributed by atoms with Crippen LogP contribution in [0.3, 0.4) is 0 Å². The highest BCUT2D eigenvalue weighted by Crippen LogP contribution is 2.36. The highest BCUT2D eigenvalue weighted by Gasteiger charge is 2.34. The summed E-state index contributed by atoms with van der Waals surface area (Å²) < 4.78 is 38.7. The third-order valence-corrected chi connectivity index (χ3v) is 8.55. The van der Waals surface area contributed by atoms with E-state index < -0.39 is 12.0 Å². The van der Waals surface area contributed by atoms with Crippen molar-refractivity contribution in [2.75, 3.05) is 13.7 Å². The first-order valence-electron chi connectivity index (χ1n) is 14.3. The van der Waals surface area contributed by atoms with E-state index in [1.165, 1.54) is 28.0 Å². The molecule has 2 heterocycles. The Morgan fingerprint density at radius 1 is 1.09 bits per heavy atom. The normalized spacial score (nSPS) is 14.7. The maximum absolute atomic E-state index is 14.0. The van der Waals surface area contributed by atoms with Gasteiger partial charge in [0.05, 0.1) is 46.1 Å². The molecule has 0 aliphatic carbocycles. The zero-order valence-electron chi connectivity index (χ0n) is 25.4. The summed E-state index contributed by atoms with van der Waals surface area (Å²) in [6, 6.07) is 16.2. The lowest BCUT2D eigenvalue weighted by molar-refractivity contribution is -0.139. The van der Waals surface area contributed by atoms with E-state index in [9.17, 15) is 14.0 Å². The standard InChI is InChI=1S/C34H32BrFN2O6S/c1-6-42-33(40)30-20(4)37-34-38(31(30)23-10-14-27(44-19(2)3)28(17-23)41-5)32(39)29(45-34)16-22-9-13-26(25(35)15-22)43-18-21-7-11-24(36)12-8-21/h7-17,19,31H,6,18H2,1-5H3/b29-16-/t31-/m1/s1. The summed E-state index contributed by atoms with van der Waals surface area (Å²) in [5.41, 5.74) is 2.70. The van der Waals surface area contributed by atoms with E-state index in [2.05, 4.69) is 20.9 Å². The third-order valence-electron chi connectivity index (χ3n) is 6.94. The Morgan fingerprint density at radius 2 is 1.82 bits per heavy atom. The number of hydrogen-bond donors (Lipinski definition) is 0. The van der Waals surface area contributed by atoms with Gasteiger partial charge < -0.3 is 18.9 Å². The second-order valence-corrected chi connectivity index (χ2v) is 12.3. The minimum absolute atomic E-state index is 0.0740. The van der Waals surface area contributed by atoms with Crippen molar-refractivity contribution in [3.63, 3.8) is 0 Å². The van der Waals surface area contributed by atoms with Crippen molar-refractivity contribution in [2.45, 2.75) is 46.4 Å². The highest BCUT2D eigenvalue weighted by molar-refractivity contribution is 9.10. The lowest BCUT2D eigenvalue weighted by Gasteiger charge is -2.25. The molecule has 0 saturated heterocycles. The number of rotatable bonds is 10. The van der Waals surface area contributed by atoms with Gasteiger partial charge in [0.15, 0.2) is 16.3 Å². The van der Waals surface area contributed by atoms with Crippen LogP contribution in [0.4, 0.5) is 4.39 Å². The minimum atomic E-state index is -0.793. The molecule has 0 N–H and O–H groups in total. The van der Waals surface area contributed by atoms with Gasteiger partial charge in [-0.05, 0) is 103 Å². The molecule has 0 fully saturated rings. The number of nitrogens with zero attached hydrogens (tertiary/aromatic N) is 2. The average Bonchev–Trinajstić information content (AvgIpc) is 3.30. The number of halogens is 2. The number of ether oxygens (including phenoxy) is 4. The van der Waals surface area contributed by atoms with Gasteiger partial charge in [0.25, 0.3) is 5.56 Å². The summed E-state index contributed by atoms with van der Waals surface area (Å²) in [6.07, 6.45) is 1.70. The van der Waals surface area contributed by atoms with Crippen molar-refractivity contribution in [1.82, 2.24) is 4.57 Å². The summed E-state index contributed by atoms with van der Waals surface area (Å²) in [7, 11) is 1.54. The molecule has 8 nitrogen and oxygen atoms in total. The number of esters is 1. The van der Waals surface area contributed by atoms with Crippen LogP contribution in [0.15, 0.2) is 86.2 Å². The molecule has 0 unspecified atom stereocenters. The fourth-order valence-electron chi connectivity index (χ4n) is 4.93. The first-order chi connectivity index (χ1) is 21.6. The van der Waals surface area contributed by atoms with E-state index in [1.54, 1.807) is 57.4 Å². The highest BCUT2D eigenvalue weighted by atomic mass is 79.9. The molecule has 4 aromatic rings. The monoisotopic (exact) mass is 694 g/mol. The van der Waals surface area contributed by atoms with Gasteiger partial charge in [0.2, 0.25) is 0 Å². The second-order valence-electron chi connectivity index (χ2n) is 10.5. The van der Waals surface area contributed by atoms with E-state index in [1.807, 2.05) is 32.0 Å². The van der Waals surface area contributed by atoms with Crippen molar-refractivity contribution < 1.29 is 28.1 Å². The predicted molar refractivity (Wildman–Crippen MR) is 174 cm³/mol. The van der Waals surface area contributed by atoms with Gasteiger partial charge in [-0.2, -0.15) is 0 Å². The van der Waals surface area contributed by atoms with Crippen molar-refractivity contribution >= 4 is 39.3 Å². The topological polar surface area (TPSA) is 88.4 Å². The van der Waals surface area contributed by atoms with Gasteiger partial charge in [-0.25, -0.2) is 14.2 Å². The third kappa shape index (κ3) is 7.04. The van der Waals surface area contributed by atoms with Gasteiger partial charge in [-0.3, -0.25) is 9.36 Å². The zero-order chi connectivity index (χ0) is 32.2. The summed E-state index contributed by atoms with van der Waals surface area (Å²) in [4.78, 5) is 32.4. The Kier molecular flexibility index (Phi) is 9.89. The van der Waals surface area contributed by atoms with Crippen molar-refractivity contribution in [3.8, 4) is 17.2 Å². The van der Waals surface area contributed by atoms with E-state index in [0.717, 1.165) is 11.1 Å². The van der Waals surface area contributed by atoms with Gasteiger partial charge in [-0.15, -0.1) is 0 Å². The second kappa shape index (κ2) is 13.8. The Hall–Kier alpha value is -4.22. The van der Waals surface area contributed by atoms with Crippen LogP contribution in [-0.4, -0.2) is 30.4 Å². The van der Waals surface area contributed by atoms with Crippen LogP contribution in [0.5, 0.6) is 17.2 Å². The SMILES string of the molecule is CCOC(=O)C1=C(C)N=c2s/c(=C\c3ccc(OCc4ccc(F)cc4)c(Br)c3)c(=O)n2[C@@H]1c1ccc(OC(C)C)c(OC)c1. The number of carbonyl (C=O) groups is 1. The average molecular weight is 696 g/mol. The van der Waals surface area contributed by atoms with Crippen LogP contribution in [-0.2, 0) is 16.1 Å². The molecule has 11 heteroatoms. The molecule has 5 rings (SSSR count). The quantitative estimate of drug-likeness (QED) is 0.187. The van der Waals surface area contributed by atoms with Crippen LogP contribution >= 0.6 is 27.3 Å². The molecule has 1 aliphatic rings. The largest absolute Gasteiger partial charge is 0.493 e. The maximum Gasteiger partial charge on any atom is 0.338 e. The first kappa shape index (κ1) is 32.2. The molecule has 45 heavy (non-hydrogen) atoms. The number of allylic oxidation sites excluding steroid dienone is 1. The number of thiazole rings is 1. The lowest BCUT2D eigenvalue weighted by atomic mass is 9.95. The summed E-state index contributed by atoms with van der Waals surface area (Å²) in [5.74, 6) is 0.790. The van der Waals surface area contributed by atoms with Crippen molar-refractivity contribution in [2.24, 2.45) is 4.99 Å². The number of methoxy groups -OCH3 is 1. The van der Waals surface area contributed by atoms with Crippen LogP contribution in [0, 0.1) is 5.82 Å². The van der Waals surface area contributed by atoms with Crippen LogP contribution < -0.4 is 29.1 Å². The molecule has 1 atom stereocenters. The van der Waals surface area contributed by atoms with Gasteiger partial charge in [-0.1, -0.05) is 35.6 Å². The molecule has 0 spiro atoms. The Bertz CT molecular complexity index is 1950. The predicted octanol–water partition coefficient (Wildman–Crippen LogP) is 6.07.